The minimum absolute atomic E-state index is 0.473. The van der Waals surface area contributed by atoms with E-state index in [9.17, 15) is 0 Å². The first-order chi connectivity index (χ1) is 9.42. The molecule has 0 bridgehead atoms. The number of nitrogens with two attached hydrogens (primary N) is 1. The molecule has 2 N–H and O–H groups in total. The molecule has 0 aliphatic heterocycles. The molecule has 0 spiro atoms. The van der Waals surface area contributed by atoms with Crippen LogP contribution in [0.1, 0.15) is 18.1 Å². The van der Waals surface area contributed by atoms with Crippen molar-refractivity contribution in [2.24, 2.45) is 5.73 Å². The van der Waals surface area contributed by atoms with Gasteiger partial charge in [0.25, 0.3) is 0 Å². The standard InChI is InChI=1S/C16H17BrClNO/c1-16(19,12-3-5-13(18)6-4-12)10-11-9-14(20-2)7-8-15(11)17/h3-9H,10,19H2,1-2H3. The lowest BCUT2D eigenvalue weighted by atomic mass is 9.86. The Kier molecular flexibility index (Phi) is 4.74. The van der Waals surface area contributed by atoms with Crippen LogP contribution in [0.25, 0.3) is 0 Å². The molecule has 0 aliphatic carbocycles. The third-order valence-electron chi connectivity index (χ3n) is 3.31. The monoisotopic (exact) mass is 353 g/mol. The Bertz CT molecular complexity index is 596. The zero-order chi connectivity index (χ0) is 14.8. The van der Waals surface area contributed by atoms with E-state index in [1.54, 1.807) is 7.11 Å². The summed E-state index contributed by atoms with van der Waals surface area (Å²) < 4.78 is 6.30. The smallest absolute Gasteiger partial charge is 0.119 e. The Morgan fingerprint density at radius 1 is 1.20 bits per heavy atom. The number of ether oxygens (including phenoxy) is 1. The lowest BCUT2D eigenvalue weighted by molar-refractivity contribution is 0.413. The summed E-state index contributed by atoms with van der Waals surface area (Å²) in [6.07, 6.45) is 0.701. The van der Waals surface area contributed by atoms with Crippen molar-refractivity contribution in [1.29, 1.82) is 0 Å². The average molecular weight is 355 g/mol. The molecule has 0 radical (unpaired) electrons. The van der Waals surface area contributed by atoms with Crippen LogP contribution >= 0.6 is 27.5 Å². The second-order valence-corrected chi connectivity index (χ2v) is 6.35. The molecule has 4 heteroatoms. The minimum Gasteiger partial charge on any atom is -0.497 e. The van der Waals surface area contributed by atoms with Gasteiger partial charge in [-0.25, -0.2) is 0 Å². The lowest BCUT2D eigenvalue weighted by Gasteiger charge is -2.26. The quantitative estimate of drug-likeness (QED) is 0.875. The van der Waals surface area contributed by atoms with Crippen LogP contribution in [0.2, 0.25) is 5.02 Å². The molecule has 2 aromatic carbocycles. The van der Waals surface area contributed by atoms with Gasteiger partial charge in [-0.2, -0.15) is 0 Å². The van der Waals surface area contributed by atoms with Gasteiger partial charge in [-0.15, -0.1) is 0 Å². The Hall–Kier alpha value is -1.03. The fourth-order valence-electron chi connectivity index (χ4n) is 2.14. The molecule has 2 rings (SSSR count). The summed E-state index contributed by atoms with van der Waals surface area (Å²) in [5.41, 5.74) is 8.17. The second-order valence-electron chi connectivity index (χ2n) is 5.06. The zero-order valence-corrected chi connectivity index (χ0v) is 13.8. The fraction of sp³-hybridized carbons (Fsp3) is 0.250. The molecule has 1 unspecified atom stereocenters. The Labute approximate surface area is 133 Å². The predicted octanol–water partition coefficient (Wildman–Crippen LogP) is 4.53. The summed E-state index contributed by atoms with van der Waals surface area (Å²) in [5, 5.41) is 0.715. The van der Waals surface area contributed by atoms with Crippen LogP contribution in [0.15, 0.2) is 46.9 Å². The highest BCUT2D eigenvalue weighted by atomic mass is 79.9. The largest absolute Gasteiger partial charge is 0.497 e. The molecule has 0 aliphatic rings. The molecule has 0 fully saturated rings. The first kappa shape index (κ1) is 15.4. The predicted molar refractivity (Wildman–Crippen MR) is 87.4 cm³/mol. The van der Waals surface area contributed by atoms with Gasteiger partial charge in [-0.3, -0.25) is 0 Å². The van der Waals surface area contributed by atoms with E-state index >= 15 is 0 Å². The van der Waals surface area contributed by atoms with Gasteiger partial charge in [0.2, 0.25) is 0 Å². The van der Waals surface area contributed by atoms with Gasteiger partial charge >= 0.3 is 0 Å². The molecule has 0 amide bonds. The highest BCUT2D eigenvalue weighted by molar-refractivity contribution is 9.10. The maximum absolute atomic E-state index is 6.48. The second kappa shape index (κ2) is 6.17. The first-order valence-electron chi connectivity index (χ1n) is 6.30. The van der Waals surface area contributed by atoms with E-state index in [1.807, 2.05) is 49.4 Å². The topological polar surface area (TPSA) is 35.2 Å². The Balaban J connectivity index is 2.29. The summed E-state index contributed by atoms with van der Waals surface area (Å²) in [6.45, 7) is 2.02. The van der Waals surface area contributed by atoms with Gasteiger partial charge in [0.15, 0.2) is 0 Å². The van der Waals surface area contributed by atoms with Crippen LogP contribution in [0.4, 0.5) is 0 Å². The number of methoxy groups -OCH3 is 1. The summed E-state index contributed by atoms with van der Waals surface area (Å²) >= 11 is 9.49. The molecule has 0 heterocycles. The number of hydrogen-bond acceptors (Lipinski definition) is 2. The van der Waals surface area contributed by atoms with E-state index < -0.39 is 5.54 Å². The van der Waals surface area contributed by atoms with E-state index in [1.165, 1.54) is 0 Å². The van der Waals surface area contributed by atoms with E-state index in [4.69, 9.17) is 22.1 Å². The van der Waals surface area contributed by atoms with Crippen molar-refractivity contribution >= 4 is 27.5 Å². The summed E-state index contributed by atoms with van der Waals surface area (Å²) in [6, 6.07) is 13.6. The van der Waals surface area contributed by atoms with Crippen LogP contribution in [-0.4, -0.2) is 7.11 Å². The number of hydrogen-bond donors (Lipinski definition) is 1. The van der Waals surface area contributed by atoms with Crippen molar-refractivity contribution in [3.63, 3.8) is 0 Å². The van der Waals surface area contributed by atoms with Gasteiger partial charge in [0.05, 0.1) is 7.11 Å². The Morgan fingerprint density at radius 2 is 1.85 bits per heavy atom. The molecular formula is C16H17BrClNO. The molecule has 106 valence electrons. The summed E-state index contributed by atoms with van der Waals surface area (Å²) in [5.74, 6) is 0.829. The van der Waals surface area contributed by atoms with Crippen molar-refractivity contribution in [2.45, 2.75) is 18.9 Å². The van der Waals surface area contributed by atoms with Crippen molar-refractivity contribution in [3.05, 3.63) is 63.1 Å². The normalized spacial score (nSPS) is 13.8. The van der Waals surface area contributed by atoms with E-state index in [0.717, 1.165) is 21.3 Å². The first-order valence-corrected chi connectivity index (χ1v) is 7.47. The van der Waals surface area contributed by atoms with Gasteiger partial charge in [0.1, 0.15) is 5.75 Å². The van der Waals surface area contributed by atoms with Crippen molar-refractivity contribution in [1.82, 2.24) is 0 Å². The molecule has 0 saturated carbocycles. The van der Waals surface area contributed by atoms with Crippen LogP contribution in [0.3, 0.4) is 0 Å². The molecule has 20 heavy (non-hydrogen) atoms. The SMILES string of the molecule is COc1ccc(Br)c(CC(C)(N)c2ccc(Cl)cc2)c1. The van der Waals surface area contributed by atoms with Crippen molar-refractivity contribution in [2.75, 3.05) is 7.11 Å². The summed E-state index contributed by atoms with van der Waals surface area (Å²) in [7, 11) is 1.66. The van der Waals surface area contributed by atoms with Crippen molar-refractivity contribution < 1.29 is 4.74 Å². The highest BCUT2D eigenvalue weighted by Gasteiger charge is 2.23. The lowest BCUT2D eigenvalue weighted by Crippen LogP contribution is -2.35. The molecule has 2 nitrogen and oxygen atoms in total. The maximum atomic E-state index is 6.48. The summed E-state index contributed by atoms with van der Waals surface area (Å²) in [4.78, 5) is 0. The third kappa shape index (κ3) is 3.54. The number of rotatable bonds is 4. The molecule has 1 atom stereocenters. The van der Waals surface area contributed by atoms with Crippen LogP contribution in [0.5, 0.6) is 5.75 Å². The number of halogens is 2. The number of benzene rings is 2. The highest BCUT2D eigenvalue weighted by Crippen LogP contribution is 2.30. The molecule has 2 aromatic rings. The van der Waals surface area contributed by atoms with E-state index in [-0.39, 0.29) is 0 Å². The molecular weight excluding hydrogens is 338 g/mol. The van der Waals surface area contributed by atoms with Crippen LogP contribution < -0.4 is 10.5 Å². The Morgan fingerprint density at radius 3 is 2.45 bits per heavy atom. The fourth-order valence-corrected chi connectivity index (χ4v) is 2.65. The average Bonchev–Trinajstić information content (AvgIpc) is 2.41. The minimum atomic E-state index is -0.473. The van der Waals surface area contributed by atoms with E-state index in [0.29, 0.717) is 11.4 Å². The zero-order valence-electron chi connectivity index (χ0n) is 11.5. The molecule has 0 aromatic heterocycles. The van der Waals surface area contributed by atoms with E-state index in [2.05, 4.69) is 15.9 Å². The van der Waals surface area contributed by atoms with Gasteiger partial charge in [-0.1, -0.05) is 39.7 Å². The van der Waals surface area contributed by atoms with Gasteiger partial charge in [-0.05, 0) is 54.8 Å². The van der Waals surface area contributed by atoms with Gasteiger partial charge < -0.3 is 10.5 Å². The van der Waals surface area contributed by atoms with Crippen LogP contribution in [0, 0.1) is 0 Å². The third-order valence-corrected chi connectivity index (χ3v) is 4.34. The van der Waals surface area contributed by atoms with Crippen molar-refractivity contribution in [3.8, 4) is 5.75 Å². The molecule has 0 saturated heterocycles. The van der Waals surface area contributed by atoms with Gasteiger partial charge in [0, 0.05) is 15.0 Å². The maximum Gasteiger partial charge on any atom is 0.119 e. The van der Waals surface area contributed by atoms with Crippen LogP contribution in [-0.2, 0) is 12.0 Å².